The molecule has 1 aromatic carbocycles. The lowest BCUT2D eigenvalue weighted by Gasteiger charge is -1.98. The van der Waals surface area contributed by atoms with Gasteiger partial charge in [-0.15, -0.1) is 0 Å². The van der Waals surface area contributed by atoms with Crippen LogP contribution >= 0.6 is 7.66 Å². The summed E-state index contributed by atoms with van der Waals surface area (Å²) in [6.45, 7) is 0. The first-order valence-corrected chi connectivity index (χ1v) is 5.81. The molecule has 0 aromatic heterocycles. The highest BCUT2D eigenvalue weighted by Crippen LogP contribution is 2.17. The minimum atomic E-state index is -3.96. The molecule has 0 radical (unpaired) electrons. The van der Waals surface area contributed by atoms with E-state index in [1.54, 1.807) is 18.2 Å². The van der Waals surface area contributed by atoms with E-state index < -0.39 is 17.4 Å². The standard InChI is InChI=1S/C6H5O4PS/c7-11-12(8,9)10-6-4-2-1-3-5-6/h1-5H. The molecule has 0 atom stereocenters. The Balaban J connectivity index is 2.85. The third-order valence-corrected chi connectivity index (χ3v) is 2.39. The maximum atomic E-state index is 10.6. The Morgan fingerprint density at radius 3 is 2.25 bits per heavy atom. The summed E-state index contributed by atoms with van der Waals surface area (Å²) in [5, 5.41) is 0. The first-order chi connectivity index (χ1) is 5.64. The summed E-state index contributed by atoms with van der Waals surface area (Å²) in [7, 11) is -4.99. The zero-order valence-electron chi connectivity index (χ0n) is 5.88. The largest absolute Gasteiger partial charge is 0.394 e. The van der Waals surface area contributed by atoms with Gasteiger partial charge in [0.2, 0.25) is 0 Å². The highest BCUT2D eigenvalue weighted by atomic mass is 32.8. The molecule has 0 saturated carbocycles. The number of benzene rings is 1. The molecule has 0 N–H and O–H groups in total. The molecule has 0 spiro atoms. The van der Waals surface area contributed by atoms with Gasteiger partial charge in [0.05, 0.1) is 0 Å². The highest BCUT2D eigenvalue weighted by molar-refractivity contribution is 8.37. The fourth-order valence-corrected chi connectivity index (χ4v) is 1.35. The van der Waals surface area contributed by atoms with Gasteiger partial charge in [-0.05, 0) is 12.1 Å². The van der Waals surface area contributed by atoms with E-state index >= 15 is 0 Å². The summed E-state index contributed by atoms with van der Waals surface area (Å²) in [4.78, 5) is 0. The maximum absolute atomic E-state index is 10.6. The molecular formula is C6H5O4PS. The smallest absolute Gasteiger partial charge is 0.374 e. The molecule has 12 heavy (non-hydrogen) atoms. The van der Waals surface area contributed by atoms with Gasteiger partial charge in [0.15, 0.2) is 0 Å². The summed E-state index contributed by atoms with van der Waals surface area (Å²) in [5.41, 5.74) is 0. The van der Waals surface area contributed by atoms with Gasteiger partial charge in [-0.25, -0.2) is 0 Å². The van der Waals surface area contributed by atoms with Crippen LogP contribution in [0.5, 0.6) is 5.75 Å². The van der Waals surface area contributed by atoms with E-state index in [1.165, 1.54) is 12.1 Å². The van der Waals surface area contributed by atoms with Gasteiger partial charge in [0, 0.05) is 0 Å². The molecule has 0 aliphatic rings. The van der Waals surface area contributed by atoms with E-state index in [2.05, 4.69) is 4.18 Å². The van der Waals surface area contributed by atoms with Gasteiger partial charge in [0.25, 0.3) is 0 Å². The minimum Gasteiger partial charge on any atom is -0.374 e. The van der Waals surface area contributed by atoms with Crippen molar-refractivity contribution in [1.82, 2.24) is 0 Å². The predicted octanol–water partition coefficient (Wildman–Crippen LogP) is 1.60. The summed E-state index contributed by atoms with van der Waals surface area (Å²) < 4.78 is 35.7. The number of hydrogen-bond acceptors (Lipinski definition) is 4. The maximum Gasteiger partial charge on any atom is 0.394 e. The van der Waals surface area contributed by atoms with E-state index in [-0.39, 0.29) is 5.75 Å². The monoisotopic (exact) mass is 204 g/mol. The Kier molecular flexibility index (Phi) is 2.78. The fourth-order valence-electron chi connectivity index (χ4n) is 0.613. The Morgan fingerprint density at radius 1 is 1.17 bits per heavy atom. The average molecular weight is 204 g/mol. The van der Waals surface area contributed by atoms with Crippen molar-refractivity contribution in [2.45, 2.75) is 0 Å². The summed E-state index contributed by atoms with van der Waals surface area (Å²) in [5.74, 6) is 0.154. The van der Waals surface area contributed by atoms with Crippen LogP contribution < -0.4 is 4.18 Å². The molecule has 0 amide bonds. The molecule has 0 bridgehead atoms. The quantitative estimate of drug-likeness (QED) is 0.701. The number of para-hydroxylation sites is 1. The normalized spacial score (nSPS) is 11.3. The summed E-state index contributed by atoms with van der Waals surface area (Å²) >= 11 is 0. The van der Waals surface area contributed by atoms with Crippen molar-refractivity contribution in [2.75, 3.05) is 0 Å². The molecular weight excluding hydrogens is 199 g/mol. The van der Waals surface area contributed by atoms with Crippen molar-refractivity contribution in [3.63, 3.8) is 0 Å². The number of hydrogen-bond donors (Lipinski definition) is 0. The van der Waals surface area contributed by atoms with Gasteiger partial charge in [-0.3, -0.25) is 4.57 Å². The van der Waals surface area contributed by atoms with E-state index in [4.69, 9.17) is 0 Å². The Bertz CT molecular complexity index is 358. The van der Waals surface area contributed by atoms with Crippen molar-refractivity contribution in [3.8, 4) is 5.75 Å². The zero-order chi connectivity index (χ0) is 9.03. The third kappa shape index (κ3) is 2.60. The second-order valence-corrected chi connectivity index (χ2v) is 4.86. The van der Waals surface area contributed by atoms with E-state index in [0.717, 1.165) is 0 Å². The molecule has 0 fully saturated rings. The Hall–Kier alpha value is -0.930. The zero-order valence-corrected chi connectivity index (χ0v) is 7.59. The lowest BCUT2D eigenvalue weighted by atomic mass is 10.3. The van der Waals surface area contributed by atoms with E-state index in [0.29, 0.717) is 0 Å². The Morgan fingerprint density at radius 2 is 1.75 bits per heavy atom. The van der Waals surface area contributed by atoms with Gasteiger partial charge >= 0.3 is 17.4 Å². The van der Waals surface area contributed by atoms with Crippen LogP contribution in [0.1, 0.15) is 0 Å². The Labute approximate surface area is 71.2 Å². The van der Waals surface area contributed by atoms with Crippen molar-refractivity contribution in [1.29, 1.82) is 0 Å². The lowest BCUT2D eigenvalue weighted by Crippen LogP contribution is -1.99. The minimum absolute atomic E-state index is 0.154. The second kappa shape index (κ2) is 3.65. The van der Waals surface area contributed by atoms with Gasteiger partial charge in [0.1, 0.15) is 5.75 Å². The molecule has 0 saturated heterocycles. The van der Waals surface area contributed by atoms with Crippen molar-refractivity contribution in [3.05, 3.63) is 30.3 Å². The van der Waals surface area contributed by atoms with E-state index in [9.17, 15) is 13.0 Å². The molecule has 0 unspecified atom stereocenters. The summed E-state index contributed by atoms with van der Waals surface area (Å²) in [6.07, 6.45) is 0. The van der Waals surface area contributed by atoms with Crippen molar-refractivity contribution in [2.24, 2.45) is 0 Å². The van der Waals surface area contributed by atoms with Crippen LogP contribution in [-0.4, -0.2) is 8.42 Å². The fraction of sp³-hybridized carbons (Fsp3) is 0. The van der Waals surface area contributed by atoms with Crippen LogP contribution in [0.2, 0.25) is 0 Å². The van der Waals surface area contributed by atoms with Gasteiger partial charge in [-0.1, -0.05) is 18.2 Å². The lowest BCUT2D eigenvalue weighted by molar-refractivity contribution is 0.500. The van der Waals surface area contributed by atoms with Crippen LogP contribution in [0, 0.1) is 0 Å². The van der Waals surface area contributed by atoms with Crippen LogP contribution in [0.15, 0.2) is 30.3 Å². The topological polar surface area (TPSA) is 60.4 Å². The molecule has 64 valence electrons. The van der Waals surface area contributed by atoms with Crippen LogP contribution in [0.3, 0.4) is 0 Å². The molecule has 4 nitrogen and oxygen atoms in total. The van der Waals surface area contributed by atoms with Crippen LogP contribution in [0.4, 0.5) is 0 Å². The molecule has 1 rings (SSSR count). The molecule has 0 aliphatic carbocycles. The van der Waals surface area contributed by atoms with Gasteiger partial charge in [-0.2, -0.15) is 8.42 Å². The first kappa shape index (κ1) is 9.16. The number of rotatable bonds is 3. The van der Waals surface area contributed by atoms with Crippen molar-refractivity contribution >= 4 is 17.4 Å². The molecule has 6 heteroatoms. The van der Waals surface area contributed by atoms with Crippen LogP contribution in [0.25, 0.3) is 0 Å². The predicted molar refractivity (Wildman–Crippen MR) is 43.6 cm³/mol. The molecule has 0 aliphatic heterocycles. The molecule has 0 heterocycles. The molecule has 1 aromatic rings. The highest BCUT2D eigenvalue weighted by Gasteiger charge is 2.10. The SMILES string of the molecule is O=PS(=O)(=O)Oc1ccccc1. The first-order valence-electron chi connectivity index (χ1n) is 2.98. The second-order valence-electron chi connectivity index (χ2n) is 1.90. The van der Waals surface area contributed by atoms with Gasteiger partial charge < -0.3 is 4.18 Å². The third-order valence-electron chi connectivity index (χ3n) is 1.04. The van der Waals surface area contributed by atoms with Crippen LogP contribution in [-0.2, 0) is 14.3 Å². The van der Waals surface area contributed by atoms with E-state index in [1.807, 2.05) is 0 Å². The average Bonchev–Trinajstić information content (AvgIpc) is 2.06. The summed E-state index contributed by atoms with van der Waals surface area (Å²) in [6, 6.07) is 7.87. The van der Waals surface area contributed by atoms with Crippen molar-refractivity contribution < 1.29 is 17.2 Å².